The van der Waals surface area contributed by atoms with Gasteiger partial charge in [0.05, 0.1) is 11.7 Å². The Morgan fingerprint density at radius 2 is 1.92 bits per heavy atom. The van der Waals surface area contributed by atoms with Gasteiger partial charge in [-0.25, -0.2) is 0 Å². The number of hydrogen-bond acceptors (Lipinski definition) is 2. The highest BCUT2D eigenvalue weighted by molar-refractivity contribution is 4.98. The summed E-state index contributed by atoms with van der Waals surface area (Å²) in [5, 5.41) is 19.9. The SMILES string of the molecule is C=C(C)CC(O)C1(O)CCCCC1. The van der Waals surface area contributed by atoms with Crippen LogP contribution in [0.1, 0.15) is 45.4 Å². The van der Waals surface area contributed by atoms with Crippen molar-refractivity contribution in [2.45, 2.75) is 57.2 Å². The first-order valence-electron chi connectivity index (χ1n) is 5.09. The van der Waals surface area contributed by atoms with Crippen LogP contribution in [0.2, 0.25) is 0 Å². The third kappa shape index (κ3) is 2.82. The number of hydrogen-bond donors (Lipinski definition) is 2. The second-order valence-corrected chi connectivity index (χ2v) is 4.34. The molecule has 2 nitrogen and oxygen atoms in total. The summed E-state index contributed by atoms with van der Waals surface area (Å²) in [6, 6.07) is 0. The molecule has 1 aliphatic rings. The van der Waals surface area contributed by atoms with Crippen molar-refractivity contribution in [3.8, 4) is 0 Å². The van der Waals surface area contributed by atoms with E-state index in [1.165, 1.54) is 6.42 Å². The molecule has 0 aromatic rings. The minimum absolute atomic E-state index is 0.524. The van der Waals surface area contributed by atoms with Crippen molar-refractivity contribution < 1.29 is 10.2 Å². The molecule has 0 aliphatic heterocycles. The van der Waals surface area contributed by atoms with E-state index in [0.29, 0.717) is 6.42 Å². The van der Waals surface area contributed by atoms with E-state index in [-0.39, 0.29) is 0 Å². The van der Waals surface area contributed by atoms with Gasteiger partial charge in [0.15, 0.2) is 0 Å². The van der Waals surface area contributed by atoms with E-state index in [4.69, 9.17) is 0 Å². The molecule has 2 N–H and O–H groups in total. The van der Waals surface area contributed by atoms with Crippen molar-refractivity contribution in [3.63, 3.8) is 0 Å². The van der Waals surface area contributed by atoms with E-state index in [1.54, 1.807) is 0 Å². The quantitative estimate of drug-likeness (QED) is 0.659. The smallest absolute Gasteiger partial charge is 0.0908 e. The van der Waals surface area contributed by atoms with Crippen LogP contribution in [0, 0.1) is 0 Å². The van der Waals surface area contributed by atoms with Gasteiger partial charge in [-0.2, -0.15) is 0 Å². The van der Waals surface area contributed by atoms with E-state index in [2.05, 4.69) is 6.58 Å². The molecule has 1 unspecified atom stereocenters. The largest absolute Gasteiger partial charge is 0.390 e. The molecule has 0 amide bonds. The lowest BCUT2D eigenvalue weighted by Gasteiger charge is -2.36. The van der Waals surface area contributed by atoms with Crippen molar-refractivity contribution in [1.82, 2.24) is 0 Å². The standard InChI is InChI=1S/C11H20O2/c1-9(2)8-10(12)11(13)6-4-3-5-7-11/h10,12-13H,1,3-8H2,2H3. The van der Waals surface area contributed by atoms with Crippen molar-refractivity contribution in [1.29, 1.82) is 0 Å². The molecular weight excluding hydrogens is 164 g/mol. The van der Waals surface area contributed by atoms with Crippen LogP contribution in [0.4, 0.5) is 0 Å². The highest BCUT2D eigenvalue weighted by Gasteiger charge is 2.36. The van der Waals surface area contributed by atoms with Gasteiger partial charge in [0.2, 0.25) is 0 Å². The third-order valence-electron chi connectivity index (χ3n) is 2.88. The first-order valence-corrected chi connectivity index (χ1v) is 5.09. The second-order valence-electron chi connectivity index (χ2n) is 4.34. The van der Waals surface area contributed by atoms with E-state index in [1.807, 2.05) is 6.92 Å². The lowest BCUT2D eigenvalue weighted by molar-refractivity contribution is -0.0959. The average Bonchev–Trinajstić information content (AvgIpc) is 2.04. The van der Waals surface area contributed by atoms with Gasteiger partial charge in [-0.3, -0.25) is 0 Å². The van der Waals surface area contributed by atoms with Crippen LogP contribution in [0.15, 0.2) is 12.2 Å². The molecule has 0 spiro atoms. The fraction of sp³-hybridized carbons (Fsp3) is 0.818. The topological polar surface area (TPSA) is 40.5 Å². The molecule has 0 aromatic heterocycles. The van der Waals surface area contributed by atoms with Crippen molar-refractivity contribution >= 4 is 0 Å². The molecule has 1 rings (SSSR count). The molecule has 0 radical (unpaired) electrons. The predicted octanol–water partition coefficient (Wildman–Crippen LogP) is 2.01. The van der Waals surface area contributed by atoms with E-state index >= 15 is 0 Å². The Balaban J connectivity index is 2.51. The highest BCUT2D eigenvalue weighted by Crippen LogP contribution is 2.32. The normalized spacial score (nSPS) is 23.9. The van der Waals surface area contributed by atoms with Crippen LogP contribution in [-0.2, 0) is 0 Å². The lowest BCUT2D eigenvalue weighted by atomic mass is 9.79. The summed E-state index contributed by atoms with van der Waals surface area (Å²) in [5.74, 6) is 0. The zero-order valence-corrected chi connectivity index (χ0v) is 8.42. The fourth-order valence-electron chi connectivity index (χ4n) is 2.02. The van der Waals surface area contributed by atoms with Crippen molar-refractivity contribution in [3.05, 3.63) is 12.2 Å². The summed E-state index contributed by atoms with van der Waals surface area (Å²) in [7, 11) is 0. The first-order chi connectivity index (χ1) is 6.04. The maximum Gasteiger partial charge on any atom is 0.0908 e. The maximum atomic E-state index is 10.1. The Hall–Kier alpha value is -0.340. The summed E-state index contributed by atoms with van der Waals surface area (Å²) in [5.41, 5.74) is 0.100. The van der Waals surface area contributed by atoms with Gasteiger partial charge in [-0.15, -0.1) is 6.58 Å². The molecule has 13 heavy (non-hydrogen) atoms. The Kier molecular flexibility index (Phi) is 3.51. The summed E-state index contributed by atoms with van der Waals surface area (Å²) in [6.07, 6.45) is 4.62. The summed E-state index contributed by atoms with van der Waals surface area (Å²) < 4.78 is 0. The predicted molar refractivity (Wildman–Crippen MR) is 53.5 cm³/mol. The van der Waals surface area contributed by atoms with Gasteiger partial charge in [0.25, 0.3) is 0 Å². The first kappa shape index (κ1) is 10.7. The Labute approximate surface area is 80.3 Å². The molecule has 1 fully saturated rings. The highest BCUT2D eigenvalue weighted by atomic mass is 16.3. The van der Waals surface area contributed by atoms with E-state index in [9.17, 15) is 10.2 Å². The minimum Gasteiger partial charge on any atom is -0.390 e. The minimum atomic E-state index is -0.836. The van der Waals surface area contributed by atoms with E-state index < -0.39 is 11.7 Å². The van der Waals surface area contributed by atoms with Crippen LogP contribution in [-0.4, -0.2) is 21.9 Å². The van der Waals surface area contributed by atoms with Gasteiger partial charge < -0.3 is 10.2 Å². The Bertz CT molecular complexity index is 181. The lowest BCUT2D eigenvalue weighted by Crippen LogP contribution is -2.43. The molecule has 0 heterocycles. The van der Waals surface area contributed by atoms with Gasteiger partial charge in [-0.1, -0.05) is 24.8 Å². The van der Waals surface area contributed by atoms with Crippen LogP contribution in [0.5, 0.6) is 0 Å². The average molecular weight is 184 g/mol. The molecule has 0 bridgehead atoms. The Morgan fingerprint density at radius 1 is 1.38 bits per heavy atom. The van der Waals surface area contributed by atoms with Crippen molar-refractivity contribution in [2.75, 3.05) is 0 Å². The van der Waals surface area contributed by atoms with Gasteiger partial charge >= 0.3 is 0 Å². The Morgan fingerprint density at radius 3 is 2.38 bits per heavy atom. The number of aliphatic hydroxyl groups is 2. The zero-order chi connectivity index (χ0) is 9.90. The third-order valence-corrected chi connectivity index (χ3v) is 2.88. The van der Waals surface area contributed by atoms with Crippen LogP contribution in [0.3, 0.4) is 0 Å². The molecular formula is C11H20O2. The summed E-state index contributed by atoms with van der Waals surface area (Å²) >= 11 is 0. The van der Waals surface area contributed by atoms with Crippen LogP contribution < -0.4 is 0 Å². The molecule has 1 atom stereocenters. The molecule has 1 saturated carbocycles. The van der Waals surface area contributed by atoms with Crippen LogP contribution in [0.25, 0.3) is 0 Å². The van der Waals surface area contributed by atoms with Gasteiger partial charge in [0, 0.05) is 0 Å². The molecule has 2 heteroatoms. The van der Waals surface area contributed by atoms with Crippen molar-refractivity contribution in [2.24, 2.45) is 0 Å². The maximum absolute atomic E-state index is 10.1. The second kappa shape index (κ2) is 4.25. The molecule has 0 aromatic carbocycles. The van der Waals surface area contributed by atoms with Gasteiger partial charge in [0.1, 0.15) is 0 Å². The summed E-state index contributed by atoms with van der Waals surface area (Å²) in [6.45, 7) is 5.63. The molecule has 76 valence electrons. The number of rotatable bonds is 3. The molecule has 1 aliphatic carbocycles. The van der Waals surface area contributed by atoms with E-state index in [0.717, 1.165) is 31.3 Å². The number of aliphatic hydroxyl groups excluding tert-OH is 1. The summed E-state index contributed by atoms with van der Waals surface area (Å²) in [4.78, 5) is 0. The van der Waals surface area contributed by atoms with Crippen LogP contribution >= 0.6 is 0 Å². The zero-order valence-electron chi connectivity index (χ0n) is 8.42. The molecule has 0 saturated heterocycles. The van der Waals surface area contributed by atoms with Gasteiger partial charge in [-0.05, 0) is 26.2 Å². The fourth-order valence-corrected chi connectivity index (χ4v) is 2.02. The monoisotopic (exact) mass is 184 g/mol.